The summed E-state index contributed by atoms with van der Waals surface area (Å²) in [5, 5.41) is 24.9. The highest BCUT2D eigenvalue weighted by atomic mass is 32.1. The molecule has 4 N–H and O–H groups in total. The Hall–Kier alpha value is -7.18. The minimum atomic E-state index is -4.39. The number of thiazole rings is 2. The van der Waals surface area contributed by atoms with Gasteiger partial charge < -0.3 is 34.7 Å². The fraction of sp³-hybridized carbons (Fsp3) is 0.308. The zero-order valence-corrected chi connectivity index (χ0v) is 41.8. The van der Waals surface area contributed by atoms with Crippen LogP contribution in [0.4, 0.5) is 26.3 Å². The van der Waals surface area contributed by atoms with Gasteiger partial charge in [-0.2, -0.15) is 36.3 Å². The van der Waals surface area contributed by atoms with Gasteiger partial charge in [0.2, 0.25) is 23.4 Å². The number of alkyl halides is 6. The third kappa shape index (κ3) is 13.2. The molecule has 2 fully saturated rings. The molecule has 2 aliphatic rings. The number of halogens is 6. The Morgan fingerprint density at radius 2 is 1.04 bits per heavy atom. The molecule has 0 aliphatic carbocycles. The second kappa shape index (κ2) is 23.2. The number of rotatable bonds is 11. The van der Waals surface area contributed by atoms with Gasteiger partial charge in [-0.1, -0.05) is 58.8 Å². The highest BCUT2D eigenvalue weighted by Gasteiger charge is 2.39. The number of amides is 1. The Morgan fingerprint density at radius 3 is 1.45 bits per heavy atom. The van der Waals surface area contributed by atoms with Crippen LogP contribution in [0.5, 0.6) is 0 Å². The van der Waals surface area contributed by atoms with Crippen molar-refractivity contribution in [2.24, 2.45) is 5.73 Å². The first-order valence-corrected chi connectivity index (χ1v) is 25.1. The van der Waals surface area contributed by atoms with Crippen molar-refractivity contribution in [2.75, 3.05) is 39.5 Å². The van der Waals surface area contributed by atoms with E-state index >= 15 is 0 Å². The number of carboxylic acid groups (broad SMARTS) is 1. The summed E-state index contributed by atoms with van der Waals surface area (Å²) in [6, 6.07) is 23.5. The number of carbonyl (C=O) groups excluding carboxylic acids is 1. The lowest BCUT2D eigenvalue weighted by atomic mass is 9.80. The quantitative estimate of drug-likeness (QED) is 0.103. The maximum atomic E-state index is 13.1. The summed E-state index contributed by atoms with van der Waals surface area (Å²) in [6.45, 7) is 6.59. The number of carbonyl (C=O) groups is 2. The van der Waals surface area contributed by atoms with Gasteiger partial charge in [0.25, 0.3) is 5.91 Å². The highest BCUT2D eigenvalue weighted by molar-refractivity contribution is 7.10. The molecule has 6 heterocycles. The van der Waals surface area contributed by atoms with E-state index in [0.29, 0.717) is 115 Å². The van der Waals surface area contributed by atoms with Gasteiger partial charge in [-0.3, -0.25) is 4.79 Å². The minimum Gasteiger partial charge on any atom is -0.478 e. The van der Waals surface area contributed by atoms with Gasteiger partial charge >= 0.3 is 18.3 Å². The van der Waals surface area contributed by atoms with E-state index in [1.807, 2.05) is 10.8 Å². The molecular formula is C52H48F6N8O7S2. The minimum absolute atomic E-state index is 0.174. The van der Waals surface area contributed by atoms with Crippen LogP contribution in [0.1, 0.15) is 79.3 Å². The molecule has 0 atom stereocenters. The standard InChI is InChI=1S/C26H23F3N4O3S.C16H17F3N2OS.C10H8N2O3/c1-16-31-22(33-36-16)18-3-2-4-19(13-18)23(34)30-15-25(9-11-35-12-10-25)24-32-21(14-37-24)17-5-7-20(8-6-17)26(27,28)29;17-16(18,19)12-3-1-11(2-4-12)13-9-23-14(21-13)15(10-20)5-7-22-8-6-15;1-6-11-9(12-15-6)7-3-2-4-8(5-7)10(13)14/h2-8,13-14H,9-12,15H2,1H3,(H,30,34);1-4,9H,5-8,10,20H2;2-5H,1H3,(H,13,14). The summed E-state index contributed by atoms with van der Waals surface area (Å²) in [7, 11) is 0. The molecule has 0 saturated carbocycles. The van der Waals surface area contributed by atoms with Crippen LogP contribution >= 0.6 is 22.7 Å². The van der Waals surface area contributed by atoms with Crippen LogP contribution < -0.4 is 11.1 Å². The van der Waals surface area contributed by atoms with Gasteiger partial charge in [0.1, 0.15) is 10.0 Å². The van der Waals surface area contributed by atoms with Crippen LogP contribution in [-0.4, -0.2) is 86.7 Å². The van der Waals surface area contributed by atoms with E-state index < -0.39 is 34.9 Å². The third-order valence-corrected chi connectivity index (χ3v) is 14.8. The fourth-order valence-corrected chi connectivity index (χ4v) is 10.4. The van der Waals surface area contributed by atoms with Crippen molar-refractivity contribution in [3.63, 3.8) is 0 Å². The molecule has 10 rings (SSSR count). The van der Waals surface area contributed by atoms with Gasteiger partial charge in [0, 0.05) is 103 Å². The molecule has 23 heteroatoms. The molecule has 0 spiro atoms. The smallest absolute Gasteiger partial charge is 0.416 e. The molecule has 0 bridgehead atoms. The lowest BCUT2D eigenvalue weighted by Gasteiger charge is -2.35. The maximum absolute atomic E-state index is 13.1. The average Bonchev–Trinajstić information content (AvgIpc) is 4.28. The summed E-state index contributed by atoms with van der Waals surface area (Å²) >= 11 is 2.96. The van der Waals surface area contributed by atoms with E-state index in [2.05, 4.69) is 30.6 Å². The number of ether oxygens (including phenoxy) is 2. The van der Waals surface area contributed by atoms with Crippen LogP contribution in [0.3, 0.4) is 0 Å². The summed E-state index contributed by atoms with van der Waals surface area (Å²) in [4.78, 5) is 41.4. The molecule has 8 aromatic rings. The number of hydrogen-bond donors (Lipinski definition) is 3. The van der Waals surface area contributed by atoms with Crippen LogP contribution in [0.2, 0.25) is 0 Å². The molecule has 1 amide bonds. The number of nitrogens with zero attached hydrogens (tertiary/aromatic N) is 6. The molecular weight excluding hydrogens is 1030 g/mol. The summed E-state index contributed by atoms with van der Waals surface area (Å²) < 4.78 is 97.5. The monoisotopic (exact) mass is 1070 g/mol. The Morgan fingerprint density at radius 1 is 0.613 bits per heavy atom. The Labute approximate surface area is 433 Å². The van der Waals surface area contributed by atoms with Crippen molar-refractivity contribution in [1.82, 2.24) is 35.6 Å². The number of carboxylic acids is 1. The van der Waals surface area contributed by atoms with E-state index in [0.717, 1.165) is 47.1 Å². The van der Waals surface area contributed by atoms with E-state index in [-0.39, 0.29) is 16.9 Å². The Balaban J connectivity index is 0.000000166. The molecule has 0 radical (unpaired) electrons. The number of nitrogens with one attached hydrogen (secondary N) is 1. The fourth-order valence-electron chi connectivity index (χ4n) is 8.23. The predicted molar refractivity (Wildman–Crippen MR) is 266 cm³/mol. The van der Waals surface area contributed by atoms with Crippen LogP contribution in [0, 0.1) is 13.8 Å². The first-order chi connectivity index (χ1) is 35.8. The van der Waals surface area contributed by atoms with Crippen LogP contribution in [-0.2, 0) is 32.7 Å². The molecule has 2 aliphatic heterocycles. The number of aryl methyl sites for hydroxylation is 2. The highest BCUT2D eigenvalue weighted by Crippen LogP contribution is 2.40. The molecule has 15 nitrogen and oxygen atoms in total. The first kappa shape index (κ1) is 54.1. The summed E-state index contributed by atoms with van der Waals surface area (Å²) in [6.07, 6.45) is -5.74. The van der Waals surface area contributed by atoms with Gasteiger partial charge in [0.05, 0.1) is 28.1 Å². The lowest BCUT2D eigenvalue weighted by Crippen LogP contribution is -2.44. The van der Waals surface area contributed by atoms with Gasteiger partial charge in [-0.15, -0.1) is 22.7 Å². The summed E-state index contributed by atoms with van der Waals surface area (Å²) in [5.74, 6) is 0.475. The Kier molecular flexibility index (Phi) is 16.7. The van der Waals surface area contributed by atoms with Gasteiger partial charge in [-0.05, 0) is 74.2 Å². The van der Waals surface area contributed by atoms with E-state index in [1.165, 1.54) is 59.1 Å². The average molecular weight is 1080 g/mol. The van der Waals surface area contributed by atoms with E-state index in [1.54, 1.807) is 50.2 Å². The molecule has 0 unspecified atom stereocenters. The predicted octanol–water partition coefficient (Wildman–Crippen LogP) is 11.2. The molecule has 75 heavy (non-hydrogen) atoms. The third-order valence-electron chi connectivity index (χ3n) is 12.6. The van der Waals surface area contributed by atoms with Crippen molar-refractivity contribution in [2.45, 2.75) is 62.7 Å². The zero-order valence-electron chi connectivity index (χ0n) is 40.2. The number of aromatic nitrogens is 6. The molecule has 4 aromatic carbocycles. The number of nitrogens with two attached hydrogens (primary N) is 1. The van der Waals surface area contributed by atoms with Crippen molar-refractivity contribution < 1.29 is 59.6 Å². The lowest BCUT2D eigenvalue weighted by molar-refractivity contribution is -0.138. The van der Waals surface area contributed by atoms with Crippen molar-refractivity contribution in [3.05, 3.63) is 152 Å². The van der Waals surface area contributed by atoms with Gasteiger partial charge in [-0.25, -0.2) is 14.8 Å². The number of benzene rings is 4. The van der Waals surface area contributed by atoms with E-state index in [4.69, 9.17) is 34.3 Å². The van der Waals surface area contributed by atoms with Crippen LogP contribution in [0.15, 0.2) is 117 Å². The number of hydrogen-bond acceptors (Lipinski definition) is 15. The topological polar surface area (TPSA) is 214 Å². The van der Waals surface area contributed by atoms with Crippen molar-refractivity contribution >= 4 is 34.6 Å². The molecule has 2 saturated heterocycles. The molecule has 392 valence electrons. The maximum Gasteiger partial charge on any atom is 0.416 e. The van der Waals surface area contributed by atoms with Crippen LogP contribution in [0.25, 0.3) is 45.3 Å². The number of aromatic carboxylic acids is 1. The second-order valence-corrected chi connectivity index (χ2v) is 19.4. The first-order valence-electron chi connectivity index (χ1n) is 23.3. The second-order valence-electron chi connectivity index (χ2n) is 17.6. The Bertz CT molecular complexity index is 3200. The van der Waals surface area contributed by atoms with Gasteiger partial charge in [0.15, 0.2) is 0 Å². The van der Waals surface area contributed by atoms with E-state index in [9.17, 15) is 35.9 Å². The van der Waals surface area contributed by atoms with Crippen molar-refractivity contribution in [3.8, 4) is 45.3 Å². The SMILES string of the molecule is Cc1nc(-c2cccc(C(=O)NCC3(c4nc(-c5ccc(C(F)(F)F)cc5)cs4)CCOCC3)c2)no1.Cc1nc(-c2cccc(C(=O)O)c2)no1.NCC1(c2nc(-c3ccc(C(F)(F)F)cc3)cs2)CCOCC1. The normalized spacial score (nSPS) is 15.2. The van der Waals surface area contributed by atoms with Crippen molar-refractivity contribution in [1.29, 1.82) is 0 Å². The summed E-state index contributed by atoms with van der Waals surface area (Å²) in [5.41, 5.74) is 8.56. The largest absolute Gasteiger partial charge is 0.478 e. The zero-order chi connectivity index (χ0) is 53.4. The molecule has 4 aromatic heterocycles.